The van der Waals surface area contributed by atoms with Crippen LogP contribution in [0.1, 0.15) is 64.5 Å². The number of nitrogens with one attached hydrogen (secondary N) is 1. The van der Waals surface area contributed by atoms with E-state index < -0.39 is 0 Å². The molecule has 0 spiro atoms. The second-order valence-corrected chi connectivity index (χ2v) is 6.99. The number of likely N-dealkylation sites (N-methyl/N-ethyl adjacent to an activating group) is 1. The van der Waals surface area contributed by atoms with Crippen LogP contribution in [0.15, 0.2) is 0 Å². The molecule has 1 saturated carbocycles. The van der Waals surface area contributed by atoms with E-state index in [0.29, 0.717) is 0 Å². The summed E-state index contributed by atoms with van der Waals surface area (Å²) in [5.74, 6) is 2.06. The van der Waals surface area contributed by atoms with Crippen LogP contribution >= 0.6 is 0 Å². The van der Waals surface area contributed by atoms with Crippen molar-refractivity contribution >= 4 is 0 Å². The molecule has 0 bridgehead atoms. The molecular formula is C15H28N4. The summed E-state index contributed by atoms with van der Waals surface area (Å²) in [5.41, 5.74) is 0.254. The van der Waals surface area contributed by atoms with Gasteiger partial charge in [0.15, 0.2) is 5.82 Å². The standard InChI is InChI=1S/C15H28N4/c1-14(2,3)13-17-12(19(5)18-13)11-15(16-4)9-7-6-8-10-15/h16H,6-11H2,1-5H3. The fourth-order valence-electron chi connectivity index (χ4n) is 2.93. The van der Waals surface area contributed by atoms with Crippen LogP contribution in [0.25, 0.3) is 0 Å². The SMILES string of the molecule is CNC1(Cc2nc(C(C)(C)C)nn2C)CCCCC1. The highest BCUT2D eigenvalue weighted by Gasteiger charge is 2.32. The van der Waals surface area contributed by atoms with Crippen molar-refractivity contribution in [2.24, 2.45) is 7.05 Å². The Labute approximate surface area is 117 Å². The van der Waals surface area contributed by atoms with Gasteiger partial charge in [0.1, 0.15) is 5.82 Å². The number of hydrogen-bond donors (Lipinski definition) is 1. The Hall–Kier alpha value is -0.900. The normalized spacial score (nSPS) is 19.6. The van der Waals surface area contributed by atoms with Crippen molar-refractivity contribution in [1.29, 1.82) is 0 Å². The third kappa shape index (κ3) is 3.16. The highest BCUT2D eigenvalue weighted by atomic mass is 15.3. The molecule has 0 amide bonds. The van der Waals surface area contributed by atoms with Crippen LogP contribution in [0.3, 0.4) is 0 Å². The summed E-state index contributed by atoms with van der Waals surface area (Å²) in [6.45, 7) is 6.50. The van der Waals surface area contributed by atoms with E-state index in [0.717, 1.165) is 18.1 Å². The molecule has 19 heavy (non-hydrogen) atoms. The van der Waals surface area contributed by atoms with Crippen LogP contribution in [0.4, 0.5) is 0 Å². The van der Waals surface area contributed by atoms with Crippen molar-refractivity contribution in [2.75, 3.05) is 7.05 Å². The van der Waals surface area contributed by atoms with Crippen LogP contribution in [0.5, 0.6) is 0 Å². The molecule has 0 aliphatic heterocycles. The summed E-state index contributed by atoms with van der Waals surface area (Å²) in [5, 5.41) is 8.15. The fourth-order valence-corrected chi connectivity index (χ4v) is 2.93. The van der Waals surface area contributed by atoms with E-state index in [1.54, 1.807) is 0 Å². The monoisotopic (exact) mass is 264 g/mol. The molecule has 0 aromatic carbocycles. The van der Waals surface area contributed by atoms with Crippen molar-refractivity contribution < 1.29 is 0 Å². The van der Waals surface area contributed by atoms with Gasteiger partial charge in [-0.2, -0.15) is 5.10 Å². The smallest absolute Gasteiger partial charge is 0.156 e. The molecule has 108 valence electrons. The first-order chi connectivity index (χ1) is 8.86. The molecule has 4 nitrogen and oxygen atoms in total. The topological polar surface area (TPSA) is 42.7 Å². The molecule has 0 unspecified atom stereocenters. The van der Waals surface area contributed by atoms with E-state index in [-0.39, 0.29) is 11.0 Å². The Bertz CT molecular complexity index is 422. The van der Waals surface area contributed by atoms with Crippen LogP contribution < -0.4 is 5.32 Å². The zero-order valence-corrected chi connectivity index (χ0v) is 13.1. The summed E-state index contributed by atoms with van der Waals surface area (Å²) in [7, 11) is 4.11. The fraction of sp³-hybridized carbons (Fsp3) is 0.867. The van der Waals surface area contributed by atoms with Crippen molar-refractivity contribution in [3.63, 3.8) is 0 Å². The summed E-state index contributed by atoms with van der Waals surface area (Å²) < 4.78 is 1.97. The Morgan fingerprint density at radius 1 is 1.21 bits per heavy atom. The zero-order valence-electron chi connectivity index (χ0n) is 13.1. The number of aryl methyl sites for hydroxylation is 1. The summed E-state index contributed by atoms with van der Waals surface area (Å²) in [6, 6.07) is 0. The lowest BCUT2D eigenvalue weighted by Gasteiger charge is -2.36. The van der Waals surface area contributed by atoms with Gasteiger partial charge in [0.05, 0.1) is 0 Å². The molecule has 1 heterocycles. The Morgan fingerprint density at radius 3 is 2.32 bits per heavy atom. The Kier molecular flexibility index (Phi) is 4.00. The minimum absolute atomic E-state index is 0.0232. The molecule has 0 saturated heterocycles. The molecule has 0 atom stereocenters. The van der Waals surface area contributed by atoms with Crippen molar-refractivity contribution in [3.8, 4) is 0 Å². The van der Waals surface area contributed by atoms with Gasteiger partial charge in [-0.25, -0.2) is 4.98 Å². The van der Waals surface area contributed by atoms with Gasteiger partial charge < -0.3 is 5.32 Å². The first-order valence-electron chi connectivity index (χ1n) is 7.46. The maximum absolute atomic E-state index is 4.78. The highest BCUT2D eigenvalue weighted by molar-refractivity contribution is 5.07. The van der Waals surface area contributed by atoms with Crippen molar-refractivity contribution in [2.45, 2.75) is 70.3 Å². The second-order valence-electron chi connectivity index (χ2n) is 6.99. The molecule has 4 heteroatoms. The first-order valence-corrected chi connectivity index (χ1v) is 7.46. The summed E-state index contributed by atoms with van der Waals surface area (Å²) in [4.78, 5) is 4.78. The van der Waals surface area contributed by atoms with Crippen LogP contribution in [0, 0.1) is 0 Å². The van der Waals surface area contributed by atoms with E-state index in [1.807, 2.05) is 11.7 Å². The quantitative estimate of drug-likeness (QED) is 0.912. The molecule has 1 N–H and O–H groups in total. The van der Waals surface area contributed by atoms with E-state index in [1.165, 1.54) is 32.1 Å². The lowest BCUT2D eigenvalue weighted by Crippen LogP contribution is -2.47. The molecule has 1 aliphatic rings. The number of rotatable bonds is 3. The molecule has 2 rings (SSSR count). The largest absolute Gasteiger partial charge is 0.314 e. The van der Waals surface area contributed by atoms with Crippen LogP contribution in [-0.4, -0.2) is 27.4 Å². The van der Waals surface area contributed by atoms with E-state index in [2.05, 4.69) is 38.2 Å². The average Bonchev–Trinajstić information content (AvgIpc) is 2.72. The Morgan fingerprint density at radius 2 is 1.84 bits per heavy atom. The molecular weight excluding hydrogens is 236 g/mol. The minimum Gasteiger partial charge on any atom is -0.314 e. The summed E-state index contributed by atoms with van der Waals surface area (Å²) >= 11 is 0. The maximum Gasteiger partial charge on any atom is 0.156 e. The maximum atomic E-state index is 4.78. The lowest BCUT2D eigenvalue weighted by atomic mass is 9.79. The van der Waals surface area contributed by atoms with Crippen molar-refractivity contribution in [1.82, 2.24) is 20.1 Å². The van der Waals surface area contributed by atoms with Gasteiger partial charge in [0, 0.05) is 24.4 Å². The molecule has 1 aromatic rings. The lowest BCUT2D eigenvalue weighted by molar-refractivity contribution is 0.239. The van der Waals surface area contributed by atoms with Gasteiger partial charge in [0.2, 0.25) is 0 Å². The van der Waals surface area contributed by atoms with Gasteiger partial charge in [-0.3, -0.25) is 4.68 Å². The second kappa shape index (κ2) is 5.23. The van der Waals surface area contributed by atoms with Gasteiger partial charge in [-0.15, -0.1) is 0 Å². The molecule has 1 aliphatic carbocycles. The molecule has 1 fully saturated rings. The van der Waals surface area contributed by atoms with Gasteiger partial charge >= 0.3 is 0 Å². The third-order valence-electron chi connectivity index (χ3n) is 4.36. The zero-order chi connectivity index (χ0) is 14.1. The van der Waals surface area contributed by atoms with Crippen LogP contribution in [-0.2, 0) is 18.9 Å². The number of nitrogens with zero attached hydrogens (tertiary/aromatic N) is 3. The van der Waals surface area contributed by atoms with Crippen molar-refractivity contribution in [3.05, 3.63) is 11.6 Å². The predicted octanol–water partition coefficient (Wildman–Crippen LogP) is 2.58. The van der Waals surface area contributed by atoms with E-state index >= 15 is 0 Å². The highest BCUT2D eigenvalue weighted by Crippen LogP contribution is 2.31. The minimum atomic E-state index is 0.0232. The van der Waals surface area contributed by atoms with E-state index in [9.17, 15) is 0 Å². The summed E-state index contributed by atoms with van der Waals surface area (Å²) in [6.07, 6.45) is 7.51. The van der Waals surface area contributed by atoms with Crippen LogP contribution in [0.2, 0.25) is 0 Å². The number of aromatic nitrogens is 3. The first kappa shape index (κ1) is 14.5. The predicted molar refractivity (Wildman–Crippen MR) is 78.3 cm³/mol. The van der Waals surface area contributed by atoms with Gasteiger partial charge in [-0.1, -0.05) is 40.0 Å². The third-order valence-corrected chi connectivity index (χ3v) is 4.36. The Balaban J connectivity index is 2.20. The van der Waals surface area contributed by atoms with E-state index in [4.69, 9.17) is 4.98 Å². The number of hydrogen-bond acceptors (Lipinski definition) is 3. The van der Waals surface area contributed by atoms with Gasteiger partial charge in [0.25, 0.3) is 0 Å². The molecule has 1 aromatic heterocycles. The van der Waals surface area contributed by atoms with Gasteiger partial charge in [-0.05, 0) is 19.9 Å². The molecule has 0 radical (unpaired) electrons. The average molecular weight is 264 g/mol.